The molecule has 2 N–H and O–H groups in total. The van der Waals surface area contributed by atoms with E-state index in [1.807, 2.05) is 24.3 Å². The van der Waals surface area contributed by atoms with E-state index >= 15 is 0 Å². The average molecular weight is 274 g/mol. The third-order valence-electron chi connectivity index (χ3n) is 3.05. The lowest BCUT2D eigenvalue weighted by Gasteiger charge is -2.21. The second-order valence-corrected chi connectivity index (χ2v) is 5.82. The zero-order chi connectivity index (χ0) is 13.5. The van der Waals surface area contributed by atoms with Crippen LogP contribution in [0.3, 0.4) is 0 Å². The lowest BCUT2D eigenvalue weighted by molar-refractivity contribution is -0.113. The van der Waals surface area contributed by atoms with Gasteiger partial charge in [-0.2, -0.15) is 0 Å². The van der Waals surface area contributed by atoms with Crippen molar-refractivity contribution in [2.24, 2.45) is 0 Å². The van der Waals surface area contributed by atoms with Crippen molar-refractivity contribution < 1.29 is 4.79 Å². The van der Waals surface area contributed by atoms with Gasteiger partial charge in [0.05, 0.1) is 5.75 Å². The normalized spacial score (nSPS) is 15.7. The fourth-order valence-corrected chi connectivity index (χ4v) is 3.07. The number of hydrogen-bond acceptors (Lipinski definition) is 3. The van der Waals surface area contributed by atoms with Crippen LogP contribution in [0.5, 0.6) is 0 Å². The summed E-state index contributed by atoms with van der Waals surface area (Å²) in [5, 5.41) is 6.81. The first kappa shape index (κ1) is 14.0. The van der Waals surface area contributed by atoms with Gasteiger partial charge in [0.1, 0.15) is 0 Å². The van der Waals surface area contributed by atoms with Gasteiger partial charge in [0.2, 0.25) is 5.91 Å². The van der Waals surface area contributed by atoms with Gasteiger partial charge < -0.3 is 10.6 Å². The predicted molar refractivity (Wildman–Crippen MR) is 81.4 cm³/mol. The Morgan fingerprint density at radius 2 is 2.26 bits per heavy atom. The van der Waals surface area contributed by atoms with Crippen molar-refractivity contribution in [3.63, 3.8) is 0 Å². The minimum atomic E-state index is 0.0395. The van der Waals surface area contributed by atoms with E-state index in [0.29, 0.717) is 11.0 Å². The fraction of sp³-hybridized carbons (Fsp3) is 0.400. The first-order valence-electron chi connectivity index (χ1n) is 6.47. The summed E-state index contributed by atoms with van der Waals surface area (Å²) < 4.78 is 0. The van der Waals surface area contributed by atoms with E-state index in [1.54, 1.807) is 11.8 Å². The molecule has 1 aromatic rings. The Labute approximate surface area is 118 Å². The van der Waals surface area contributed by atoms with Gasteiger partial charge >= 0.3 is 0 Å². The van der Waals surface area contributed by atoms with E-state index in [2.05, 4.69) is 16.6 Å². The predicted octanol–water partition coefficient (Wildman–Crippen LogP) is 2.09. The minimum absolute atomic E-state index is 0.0395. The fourth-order valence-electron chi connectivity index (χ4n) is 2.04. The lowest BCUT2D eigenvalue weighted by Crippen LogP contribution is -2.30. The number of rotatable bonds is 4. The Hall–Kier alpha value is -1.44. The first-order valence-corrected chi connectivity index (χ1v) is 7.51. The molecule has 0 unspecified atom stereocenters. The van der Waals surface area contributed by atoms with Crippen LogP contribution in [-0.4, -0.2) is 30.0 Å². The third-order valence-corrected chi connectivity index (χ3v) is 4.42. The van der Waals surface area contributed by atoms with Gasteiger partial charge in [-0.25, -0.2) is 0 Å². The van der Waals surface area contributed by atoms with Gasteiger partial charge in [0.15, 0.2) is 0 Å². The summed E-state index contributed by atoms with van der Waals surface area (Å²) in [6, 6.07) is 7.37. The summed E-state index contributed by atoms with van der Waals surface area (Å²) in [6.45, 7) is 2.12. The van der Waals surface area contributed by atoms with Crippen LogP contribution in [0.25, 0.3) is 0 Å². The number of piperidine rings is 1. The number of thioether (sulfide) groups is 1. The van der Waals surface area contributed by atoms with E-state index in [0.717, 1.165) is 37.2 Å². The summed E-state index contributed by atoms with van der Waals surface area (Å²) in [5.74, 6) is 3.11. The monoisotopic (exact) mass is 274 g/mol. The largest absolute Gasteiger partial charge is 0.325 e. The molecule has 0 aliphatic carbocycles. The summed E-state index contributed by atoms with van der Waals surface area (Å²) in [7, 11) is 0. The second kappa shape index (κ2) is 7.22. The molecule has 0 bridgehead atoms. The molecule has 0 radical (unpaired) electrons. The Kier molecular flexibility index (Phi) is 5.31. The Morgan fingerprint density at radius 3 is 3.00 bits per heavy atom. The highest BCUT2D eigenvalue weighted by molar-refractivity contribution is 8.00. The second-order valence-electron chi connectivity index (χ2n) is 4.53. The smallest absolute Gasteiger partial charge is 0.234 e. The number of amides is 1. The van der Waals surface area contributed by atoms with Crippen molar-refractivity contribution in [2.75, 3.05) is 24.2 Å². The standard InChI is InChI=1S/C15H18N2OS/c1-2-12-4-3-5-13(10-12)17-15(18)11-19-14-6-8-16-9-7-14/h1,3-5,10,14,16H,6-9,11H2,(H,17,18). The van der Waals surface area contributed by atoms with Crippen LogP contribution in [0.2, 0.25) is 0 Å². The zero-order valence-corrected chi connectivity index (χ0v) is 11.6. The van der Waals surface area contributed by atoms with Crippen molar-refractivity contribution in [3.05, 3.63) is 29.8 Å². The van der Waals surface area contributed by atoms with E-state index in [1.165, 1.54) is 0 Å². The van der Waals surface area contributed by atoms with Crippen LogP contribution in [0.1, 0.15) is 18.4 Å². The van der Waals surface area contributed by atoms with Crippen LogP contribution in [0.15, 0.2) is 24.3 Å². The highest BCUT2D eigenvalue weighted by Gasteiger charge is 2.14. The summed E-state index contributed by atoms with van der Waals surface area (Å²) in [5.41, 5.74) is 1.55. The molecule has 1 aliphatic heterocycles. The molecule has 0 saturated carbocycles. The van der Waals surface area contributed by atoms with E-state index in [9.17, 15) is 4.79 Å². The van der Waals surface area contributed by atoms with E-state index in [-0.39, 0.29) is 5.91 Å². The van der Waals surface area contributed by atoms with Gasteiger partial charge in [0, 0.05) is 16.5 Å². The first-order chi connectivity index (χ1) is 9.28. The third kappa shape index (κ3) is 4.62. The molecule has 1 aromatic carbocycles. The van der Waals surface area contributed by atoms with Gasteiger partial charge in [-0.1, -0.05) is 12.0 Å². The number of carbonyl (C=O) groups is 1. The molecular formula is C15H18N2OS. The van der Waals surface area contributed by atoms with Crippen molar-refractivity contribution in [2.45, 2.75) is 18.1 Å². The summed E-state index contributed by atoms with van der Waals surface area (Å²) in [4.78, 5) is 11.9. The molecule has 19 heavy (non-hydrogen) atoms. The van der Waals surface area contributed by atoms with E-state index in [4.69, 9.17) is 6.42 Å². The van der Waals surface area contributed by atoms with Gasteiger partial charge in [-0.15, -0.1) is 18.2 Å². The Morgan fingerprint density at radius 1 is 1.47 bits per heavy atom. The van der Waals surface area contributed by atoms with Crippen molar-refractivity contribution in [3.8, 4) is 12.3 Å². The molecule has 100 valence electrons. The quantitative estimate of drug-likeness (QED) is 0.826. The minimum Gasteiger partial charge on any atom is -0.325 e. The summed E-state index contributed by atoms with van der Waals surface area (Å²) in [6.07, 6.45) is 7.62. The molecule has 1 heterocycles. The molecular weight excluding hydrogens is 256 g/mol. The molecule has 1 amide bonds. The van der Waals surface area contributed by atoms with Crippen molar-refractivity contribution in [1.29, 1.82) is 0 Å². The van der Waals surface area contributed by atoms with Crippen LogP contribution in [0.4, 0.5) is 5.69 Å². The Balaban J connectivity index is 1.78. The highest BCUT2D eigenvalue weighted by Crippen LogP contribution is 2.20. The van der Waals surface area contributed by atoms with Crippen LogP contribution in [-0.2, 0) is 4.79 Å². The van der Waals surface area contributed by atoms with Crippen LogP contribution in [0, 0.1) is 12.3 Å². The molecule has 1 fully saturated rings. The SMILES string of the molecule is C#Cc1cccc(NC(=O)CSC2CCNCC2)c1. The summed E-state index contributed by atoms with van der Waals surface area (Å²) >= 11 is 1.74. The molecule has 2 rings (SSSR count). The topological polar surface area (TPSA) is 41.1 Å². The maximum Gasteiger partial charge on any atom is 0.234 e. The molecule has 0 atom stereocenters. The van der Waals surface area contributed by atoms with Gasteiger partial charge in [-0.05, 0) is 44.1 Å². The average Bonchev–Trinajstić information content (AvgIpc) is 2.46. The molecule has 4 heteroatoms. The lowest BCUT2D eigenvalue weighted by atomic mass is 10.2. The molecule has 1 aliphatic rings. The number of carbonyl (C=O) groups excluding carboxylic acids is 1. The highest BCUT2D eigenvalue weighted by atomic mass is 32.2. The molecule has 0 spiro atoms. The number of hydrogen-bond donors (Lipinski definition) is 2. The number of terminal acetylenes is 1. The van der Waals surface area contributed by atoms with Crippen LogP contribution < -0.4 is 10.6 Å². The molecule has 1 saturated heterocycles. The van der Waals surface area contributed by atoms with Crippen molar-refractivity contribution >= 4 is 23.4 Å². The molecule has 0 aromatic heterocycles. The van der Waals surface area contributed by atoms with Gasteiger partial charge in [-0.3, -0.25) is 4.79 Å². The number of benzene rings is 1. The van der Waals surface area contributed by atoms with Gasteiger partial charge in [0.25, 0.3) is 0 Å². The zero-order valence-electron chi connectivity index (χ0n) is 10.8. The maximum atomic E-state index is 11.9. The van der Waals surface area contributed by atoms with E-state index < -0.39 is 0 Å². The molecule has 3 nitrogen and oxygen atoms in total. The Bertz CT molecular complexity index is 475. The maximum absolute atomic E-state index is 11.9. The number of nitrogens with one attached hydrogen (secondary N) is 2. The number of anilines is 1. The van der Waals surface area contributed by atoms with Crippen molar-refractivity contribution in [1.82, 2.24) is 5.32 Å². The van der Waals surface area contributed by atoms with Crippen LogP contribution >= 0.6 is 11.8 Å².